The molecule has 0 aliphatic rings. The van der Waals surface area contributed by atoms with Crippen LogP contribution in [0, 0.1) is 23.7 Å². The van der Waals surface area contributed by atoms with E-state index >= 15 is 0 Å². The molecule has 6 aromatic rings. The Kier molecular flexibility index (Phi) is 20.0. The second-order valence-corrected chi connectivity index (χ2v) is 15.0. The quantitative estimate of drug-likeness (QED) is 0.126. The van der Waals surface area contributed by atoms with E-state index in [1.54, 1.807) is 0 Å². The van der Waals surface area contributed by atoms with Crippen LogP contribution >= 0.6 is 15.8 Å². The first kappa shape index (κ1) is 39.0. The van der Waals surface area contributed by atoms with Crippen LogP contribution in [0.5, 0.6) is 0 Å². The van der Waals surface area contributed by atoms with E-state index < -0.39 is 0 Å². The molecule has 0 nitrogen and oxygen atoms in total. The van der Waals surface area contributed by atoms with Gasteiger partial charge in [-0.05, 0) is 85.8 Å². The molecule has 47 heavy (non-hydrogen) atoms. The first-order chi connectivity index (χ1) is 22.5. The van der Waals surface area contributed by atoms with E-state index in [0.29, 0.717) is 0 Å². The Morgan fingerprint density at radius 2 is 0.447 bits per heavy atom. The molecule has 6 aromatic carbocycles. The molecule has 0 N–H and O–H groups in total. The topological polar surface area (TPSA) is 0 Å². The van der Waals surface area contributed by atoms with Crippen molar-refractivity contribution in [2.75, 3.05) is 26.7 Å². The number of rotatable bonds is 2. The van der Waals surface area contributed by atoms with E-state index in [9.17, 15) is 0 Å². The minimum absolute atomic E-state index is 0. The summed E-state index contributed by atoms with van der Waals surface area (Å²) in [5.41, 5.74) is 4.21. The molecule has 0 saturated carbocycles. The molecule has 3 heteroatoms. The standard InChI is InChI=1S/2C14H10.2C8H11P.Cr/c2*1-3-7-13(8-4-1)11-12-14-9-5-2-6-10-14;2*1-9(2)8-6-4-3-5-7-8;/h2*1-10H;2*3-7H,1-2H3;. The molecule has 0 fully saturated rings. The van der Waals surface area contributed by atoms with Gasteiger partial charge in [0.05, 0.1) is 0 Å². The van der Waals surface area contributed by atoms with Crippen LogP contribution in [0.2, 0.25) is 0 Å². The molecule has 0 bridgehead atoms. The maximum Gasteiger partial charge on any atom is 0.0249 e. The third kappa shape index (κ3) is 17.4. The second-order valence-electron chi connectivity index (χ2n) is 10.4. The zero-order valence-corrected chi connectivity index (χ0v) is 30.7. The van der Waals surface area contributed by atoms with Gasteiger partial charge in [-0.1, -0.05) is 173 Å². The minimum Gasteiger partial charge on any atom is -0.0817 e. The van der Waals surface area contributed by atoms with Crippen molar-refractivity contribution in [2.24, 2.45) is 0 Å². The van der Waals surface area contributed by atoms with E-state index in [0.717, 1.165) is 22.3 Å². The summed E-state index contributed by atoms with van der Waals surface area (Å²) in [5, 5.41) is 2.96. The van der Waals surface area contributed by atoms with Crippen LogP contribution in [-0.2, 0) is 17.4 Å². The third-order valence-electron chi connectivity index (χ3n) is 6.34. The molecule has 0 amide bonds. The van der Waals surface area contributed by atoms with E-state index in [2.05, 4.69) is 111 Å². The molecule has 0 aromatic heterocycles. The summed E-state index contributed by atoms with van der Waals surface area (Å²) in [7, 11) is 0.209. The average Bonchev–Trinajstić information content (AvgIpc) is 3.13. The maximum atomic E-state index is 3.11. The molecule has 0 unspecified atom stereocenters. The van der Waals surface area contributed by atoms with E-state index in [1.807, 2.05) is 121 Å². The maximum absolute atomic E-state index is 3.11. The summed E-state index contributed by atoms with van der Waals surface area (Å²) >= 11 is 0. The van der Waals surface area contributed by atoms with Crippen LogP contribution in [0.4, 0.5) is 0 Å². The molecule has 0 aliphatic carbocycles. The van der Waals surface area contributed by atoms with Gasteiger partial charge in [0.15, 0.2) is 0 Å². The molecule has 0 atom stereocenters. The molecular formula is C44H42CrP2. The molecule has 234 valence electrons. The largest absolute Gasteiger partial charge is 0.0817 e. The van der Waals surface area contributed by atoms with Gasteiger partial charge in [0.2, 0.25) is 0 Å². The van der Waals surface area contributed by atoms with Gasteiger partial charge in [-0.3, -0.25) is 0 Å². The van der Waals surface area contributed by atoms with Gasteiger partial charge >= 0.3 is 0 Å². The van der Waals surface area contributed by atoms with E-state index in [4.69, 9.17) is 0 Å². The fraction of sp³-hybridized carbons (Fsp3) is 0.0909. The van der Waals surface area contributed by atoms with Crippen LogP contribution in [-0.4, -0.2) is 26.7 Å². The summed E-state index contributed by atoms with van der Waals surface area (Å²) in [5.74, 6) is 12.4. The summed E-state index contributed by atoms with van der Waals surface area (Å²) in [6.45, 7) is 9.07. The van der Waals surface area contributed by atoms with Crippen molar-refractivity contribution in [3.05, 3.63) is 204 Å². The molecule has 0 radical (unpaired) electrons. The van der Waals surface area contributed by atoms with Crippen LogP contribution in [0.25, 0.3) is 0 Å². The van der Waals surface area contributed by atoms with Crippen molar-refractivity contribution < 1.29 is 17.4 Å². The van der Waals surface area contributed by atoms with Gasteiger partial charge in [-0.15, -0.1) is 0 Å². The van der Waals surface area contributed by atoms with Crippen LogP contribution < -0.4 is 10.6 Å². The van der Waals surface area contributed by atoms with Crippen molar-refractivity contribution in [2.45, 2.75) is 0 Å². The van der Waals surface area contributed by atoms with Crippen LogP contribution in [0.1, 0.15) is 22.3 Å². The first-order valence-corrected chi connectivity index (χ1v) is 19.7. The zero-order valence-electron chi connectivity index (χ0n) is 27.6. The Hall–Kier alpha value is -4.17. The van der Waals surface area contributed by atoms with Gasteiger partial charge in [-0.25, -0.2) is 0 Å². The van der Waals surface area contributed by atoms with E-state index in [1.165, 1.54) is 10.6 Å². The van der Waals surface area contributed by atoms with Crippen molar-refractivity contribution in [1.29, 1.82) is 0 Å². The number of benzene rings is 6. The van der Waals surface area contributed by atoms with Crippen molar-refractivity contribution in [3.63, 3.8) is 0 Å². The summed E-state index contributed by atoms with van der Waals surface area (Å²) < 4.78 is 0. The zero-order chi connectivity index (χ0) is 32.7. The summed E-state index contributed by atoms with van der Waals surface area (Å²) in [4.78, 5) is 0. The van der Waals surface area contributed by atoms with Gasteiger partial charge in [0, 0.05) is 39.6 Å². The summed E-state index contributed by atoms with van der Waals surface area (Å²) in [6.07, 6.45) is 0. The molecule has 6 rings (SSSR count). The molecule has 0 heterocycles. The number of hydrogen-bond donors (Lipinski definition) is 0. The predicted octanol–water partition coefficient (Wildman–Crippen LogP) is 10.3. The smallest absolute Gasteiger partial charge is 0.0249 e. The fourth-order valence-electron chi connectivity index (χ4n) is 3.83. The molecule has 0 saturated heterocycles. The van der Waals surface area contributed by atoms with Gasteiger partial charge in [-0.2, -0.15) is 0 Å². The van der Waals surface area contributed by atoms with Crippen LogP contribution in [0.15, 0.2) is 182 Å². The van der Waals surface area contributed by atoms with Crippen molar-refractivity contribution in [3.8, 4) is 23.7 Å². The molecular weight excluding hydrogens is 642 g/mol. The number of hydrogen-bond acceptors (Lipinski definition) is 0. The normalized spacial score (nSPS) is 9.15. The average molecular weight is 685 g/mol. The van der Waals surface area contributed by atoms with Crippen LogP contribution in [0.3, 0.4) is 0 Å². The summed E-state index contributed by atoms with van der Waals surface area (Å²) in [6, 6.07) is 61.3. The van der Waals surface area contributed by atoms with Gasteiger partial charge < -0.3 is 0 Å². The third-order valence-corrected chi connectivity index (χ3v) is 9.00. The monoisotopic (exact) mass is 684 g/mol. The Labute approximate surface area is 297 Å². The first-order valence-electron chi connectivity index (χ1n) is 15.2. The van der Waals surface area contributed by atoms with Crippen molar-refractivity contribution in [1.82, 2.24) is 0 Å². The molecule has 0 aliphatic heterocycles. The Morgan fingerprint density at radius 3 is 0.596 bits per heavy atom. The SMILES string of the molecule is C(#Cc1ccccc1)c1ccccc1.C(#Cc1ccccc1)c1ccccc1.CP(C)c1ccccc1.CP(C)c1ccccc1.[Cr]. The predicted molar refractivity (Wildman–Crippen MR) is 207 cm³/mol. The molecule has 0 spiro atoms. The Morgan fingerprint density at radius 1 is 0.277 bits per heavy atom. The Balaban J connectivity index is 0.000000221. The fourth-order valence-corrected chi connectivity index (χ4v) is 5.36. The second kappa shape index (κ2) is 24.1. The minimum atomic E-state index is 0. The van der Waals surface area contributed by atoms with Gasteiger partial charge in [0.25, 0.3) is 0 Å². The van der Waals surface area contributed by atoms with Crippen molar-refractivity contribution >= 4 is 26.5 Å². The van der Waals surface area contributed by atoms with Gasteiger partial charge in [0.1, 0.15) is 0 Å². The van der Waals surface area contributed by atoms with E-state index in [-0.39, 0.29) is 33.2 Å². The Bertz CT molecular complexity index is 1530.